The number of ether oxygens (including phenoxy) is 7. The van der Waals surface area contributed by atoms with Gasteiger partial charge < -0.3 is 38.1 Å². The molecule has 0 saturated carbocycles. The molecule has 6 rings (SSSR count). The number of hydrogen-bond acceptors (Lipinski definition) is 10. The van der Waals surface area contributed by atoms with Crippen LogP contribution in [0.15, 0.2) is 91.3 Å². The van der Waals surface area contributed by atoms with Gasteiger partial charge in [0, 0.05) is 54.9 Å². The summed E-state index contributed by atoms with van der Waals surface area (Å²) in [5, 5.41) is 0. The number of amides is 1. The molecule has 11 nitrogen and oxygen atoms in total. The molecule has 0 aliphatic carbocycles. The van der Waals surface area contributed by atoms with Crippen molar-refractivity contribution in [2.75, 3.05) is 67.8 Å². The number of likely N-dealkylation sites (tertiary alicyclic amines) is 1. The third kappa shape index (κ3) is 9.35. The van der Waals surface area contributed by atoms with Crippen molar-refractivity contribution < 1.29 is 38.0 Å². The van der Waals surface area contributed by atoms with Crippen LogP contribution in [0.5, 0.6) is 40.2 Å². The number of nitrogens with zero attached hydrogens (tertiary/aromatic N) is 3. The van der Waals surface area contributed by atoms with Gasteiger partial charge in [-0.3, -0.25) is 14.7 Å². The Morgan fingerprint density at radius 2 is 1.16 bits per heavy atom. The Balaban J connectivity index is 0.00000348. The van der Waals surface area contributed by atoms with Gasteiger partial charge in [0.15, 0.2) is 23.0 Å². The lowest BCUT2D eigenvalue weighted by atomic mass is 9.98. The molecule has 0 atom stereocenters. The van der Waals surface area contributed by atoms with Gasteiger partial charge in [0.25, 0.3) is 5.91 Å². The van der Waals surface area contributed by atoms with Crippen molar-refractivity contribution in [1.82, 2.24) is 9.88 Å². The lowest BCUT2D eigenvalue weighted by molar-refractivity contribution is 0.0958. The molecule has 2 heterocycles. The summed E-state index contributed by atoms with van der Waals surface area (Å²) in [6.45, 7) is 2.35. The summed E-state index contributed by atoms with van der Waals surface area (Å²) >= 11 is 0. The summed E-state index contributed by atoms with van der Waals surface area (Å²) in [5.41, 5.74) is 6.05. The molecule has 5 aromatic rings. The van der Waals surface area contributed by atoms with Crippen molar-refractivity contribution in [2.45, 2.75) is 25.4 Å². The number of benzene rings is 4. The molecule has 1 fully saturated rings. The first-order chi connectivity index (χ1) is 26.3. The molecule has 0 spiro atoms. The molecular formula is C43H49Cl2N3O8. The number of anilines is 1. The van der Waals surface area contributed by atoms with Crippen LogP contribution in [-0.2, 0) is 6.54 Å². The first-order valence-corrected chi connectivity index (χ1v) is 17.7. The molecular weight excluding hydrogens is 757 g/mol. The summed E-state index contributed by atoms with van der Waals surface area (Å²) in [5.74, 6) is 3.96. The van der Waals surface area contributed by atoms with Gasteiger partial charge in [0.05, 0.1) is 49.8 Å². The second-order valence-corrected chi connectivity index (χ2v) is 12.9. The van der Waals surface area contributed by atoms with Gasteiger partial charge in [-0.1, -0.05) is 12.1 Å². The molecule has 0 radical (unpaired) electrons. The standard InChI is InChI=1S/C43H47N3O8.2ClH/c1-48-36-13-11-34(12-14-36)46(43(47)30-10-8-9-29(20-30)31-21-37(49-2)41(53-6)38(22-31)50-3)35-15-17-45(18-16-35)27-28-19-33(26-44-25-28)32-23-39(51-4)42(54-7)40(24-32)52-5;;/h8-14,19-26,35H,15-18,27H2,1-7H3;2*1H. The first kappa shape index (κ1) is 43.4. The van der Waals surface area contributed by atoms with E-state index >= 15 is 0 Å². The van der Waals surface area contributed by atoms with E-state index in [2.05, 4.69) is 16.0 Å². The quantitative estimate of drug-likeness (QED) is 0.108. The van der Waals surface area contributed by atoms with E-state index in [0.29, 0.717) is 40.1 Å². The molecule has 56 heavy (non-hydrogen) atoms. The third-order valence-corrected chi connectivity index (χ3v) is 9.80. The van der Waals surface area contributed by atoms with E-state index in [1.807, 2.05) is 90.1 Å². The molecule has 1 aromatic heterocycles. The zero-order chi connectivity index (χ0) is 38.2. The van der Waals surface area contributed by atoms with E-state index in [9.17, 15) is 4.79 Å². The maximum Gasteiger partial charge on any atom is 0.258 e. The van der Waals surface area contributed by atoms with Gasteiger partial charge in [0.2, 0.25) is 11.5 Å². The molecule has 1 amide bonds. The van der Waals surface area contributed by atoms with Gasteiger partial charge in [0.1, 0.15) is 5.75 Å². The summed E-state index contributed by atoms with van der Waals surface area (Å²) < 4.78 is 38.8. The van der Waals surface area contributed by atoms with Gasteiger partial charge in [-0.15, -0.1) is 24.8 Å². The number of halogens is 2. The second kappa shape index (κ2) is 20.0. The summed E-state index contributed by atoms with van der Waals surface area (Å²) in [4.78, 5) is 23.5. The van der Waals surface area contributed by atoms with Gasteiger partial charge >= 0.3 is 0 Å². The number of aromatic nitrogens is 1. The molecule has 4 aromatic carbocycles. The molecule has 1 aliphatic heterocycles. The van der Waals surface area contributed by atoms with E-state index in [-0.39, 0.29) is 36.8 Å². The molecule has 13 heteroatoms. The fraction of sp³-hybridized carbons (Fsp3) is 0.302. The zero-order valence-electron chi connectivity index (χ0n) is 32.7. The smallest absolute Gasteiger partial charge is 0.258 e. The predicted molar refractivity (Wildman–Crippen MR) is 223 cm³/mol. The Labute approximate surface area is 341 Å². The second-order valence-electron chi connectivity index (χ2n) is 12.9. The van der Waals surface area contributed by atoms with E-state index < -0.39 is 0 Å². The van der Waals surface area contributed by atoms with Crippen molar-refractivity contribution in [1.29, 1.82) is 0 Å². The van der Waals surface area contributed by atoms with Crippen LogP contribution in [0, 0.1) is 0 Å². The fourth-order valence-electron chi connectivity index (χ4n) is 7.03. The van der Waals surface area contributed by atoms with Crippen LogP contribution in [0.4, 0.5) is 5.69 Å². The van der Waals surface area contributed by atoms with Gasteiger partial charge in [-0.25, -0.2) is 0 Å². The van der Waals surface area contributed by atoms with Crippen LogP contribution in [-0.4, -0.2) is 84.7 Å². The summed E-state index contributed by atoms with van der Waals surface area (Å²) in [6.07, 6.45) is 5.34. The average molecular weight is 807 g/mol. The first-order valence-electron chi connectivity index (χ1n) is 17.7. The fourth-order valence-corrected chi connectivity index (χ4v) is 7.03. The monoisotopic (exact) mass is 805 g/mol. The zero-order valence-corrected chi connectivity index (χ0v) is 34.3. The minimum absolute atomic E-state index is 0. The van der Waals surface area contributed by atoms with E-state index in [0.717, 1.165) is 71.7 Å². The molecule has 0 N–H and O–H groups in total. The number of carbonyl (C=O) groups is 1. The van der Waals surface area contributed by atoms with E-state index in [1.165, 1.54) is 0 Å². The Bertz CT molecular complexity index is 2020. The predicted octanol–water partition coefficient (Wildman–Crippen LogP) is 8.63. The molecule has 0 bridgehead atoms. The highest BCUT2D eigenvalue weighted by atomic mass is 35.5. The lowest BCUT2D eigenvalue weighted by Crippen LogP contribution is -2.47. The highest BCUT2D eigenvalue weighted by Crippen LogP contribution is 2.43. The van der Waals surface area contributed by atoms with Crippen molar-refractivity contribution in [3.05, 3.63) is 102 Å². The number of pyridine rings is 1. The Morgan fingerprint density at radius 1 is 0.625 bits per heavy atom. The van der Waals surface area contributed by atoms with Crippen LogP contribution in [0.1, 0.15) is 28.8 Å². The number of hydrogen-bond donors (Lipinski definition) is 0. The van der Waals surface area contributed by atoms with Crippen LogP contribution in [0.25, 0.3) is 22.3 Å². The van der Waals surface area contributed by atoms with Crippen molar-refractivity contribution in [3.63, 3.8) is 0 Å². The number of carbonyl (C=O) groups excluding carboxylic acids is 1. The number of piperidine rings is 1. The van der Waals surface area contributed by atoms with Gasteiger partial charge in [-0.05, 0) is 102 Å². The summed E-state index contributed by atoms with van der Waals surface area (Å²) in [7, 11) is 11.2. The highest BCUT2D eigenvalue weighted by Gasteiger charge is 2.30. The lowest BCUT2D eigenvalue weighted by Gasteiger charge is -2.38. The number of rotatable bonds is 14. The highest BCUT2D eigenvalue weighted by molar-refractivity contribution is 6.07. The maximum atomic E-state index is 14.6. The van der Waals surface area contributed by atoms with Crippen LogP contribution < -0.4 is 38.1 Å². The summed E-state index contributed by atoms with van der Waals surface area (Å²) in [6, 6.07) is 25.1. The SMILES string of the molecule is COc1ccc(N(C(=O)c2cccc(-c3cc(OC)c(OC)c(OC)c3)c2)C2CCN(Cc3cncc(-c4cc(OC)c(OC)c(OC)c4)c3)CC2)cc1.Cl.Cl. The van der Waals surface area contributed by atoms with Crippen LogP contribution >= 0.6 is 24.8 Å². The topological polar surface area (TPSA) is 101 Å². The molecule has 1 aliphatic rings. The van der Waals surface area contributed by atoms with Gasteiger partial charge in [-0.2, -0.15) is 0 Å². The normalized spacial score (nSPS) is 12.7. The largest absolute Gasteiger partial charge is 0.497 e. The molecule has 298 valence electrons. The third-order valence-electron chi connectivity index (χ3n) is 9.80. The van der Waals surface area contributed by atoms with Crippen LogP contribution in [0.3, 0.4) is 0 Å². The Morgan fingerprint density at radius 3 is 1.66 bits per heavy atom. The minimum Gasteiger partial charge on any atom is -0.497 e. The van der Waals surface area contributed by atoms with Crippen molar-refractivity contribution in [3.8, 4) is 62.5 Å². The van der Waals surface area contributed by atoms with Crippen LogP contribution in [0.2, 0.25) is 0 Å². The Hall–Kier alpha value is -5.36. The molecule has 1 saturated heterocycles. The Kier molecular flexibility index (Phi) is 15.5. The van der Waals surface area contributed by atoms with Crippen molar-refractivity contribution in [2.24, 2.45) is 0 Å². The van der Waals surface area contributed by atoms with E-state index in [4.69, 9.17) is 33.2 Å². The minimum atomic E-state index is -0.0739. The van der Waals surface area contributed by atoms with E-state index in [1.54, 1.807) is 49.8 Å². The molecule has 0 unspecified atom stereocenters. The van der Waals surface area contributed by atoms with Crippen molar-refractivity contribution >= 4 is 36.4 Å². The number of methoxy groups -OCH3 is 7. The average Bonchev–Trinajstić information content (AvgIpc) is 3.23. The maximum absolute atomic E-state index is 14.6.